The van der Waals surface area contributed by atoms with Crippen LogP contribution in [0, 0.1) is 0 Å². The van der Waals surface area contributed by atoms with Gasteiger partial charge in [-0.2, -0.15) is 0 Å². The number of ether oxygens (including phenoxy) is 1. The second-order valence-corrected chi connectivity index (χ2v) is 7.99. The fourth-order valence-electron chi connectivity index (χ4n) is 3.70. The van der Waals surface area contributed by atoms with Crippen molar-refractivity contribution in [3.05, 3.63) is 94.8 Å². The predicted molar refractivity (Wildman–Crippen MR) is 117 cm³/mol. The van der Waals surface area contributed by atoms with Crippen LogP contribution in [-0.4, -0.2) is 21.9 Å². The van der Waals surface area contributed by atoms with E-state index in [1.165, 1.54) is 5.56 Å². The number of benzene rings is 2. The summed E-state index contributed by atoms with van der Waals surface area (Å²) in [5.74, 6) is 0.933. The monoisotopic (exact) mass is 417 g/mol. The number of rotatable bonds is 6. The van der Waals surface area contributed by atoms with Crippen molar-refractivity contribution in [1.29, 1.82) is 0 Å². The lowest BCUT2D eigenvalue weighted by atomic mass is 10.1. The van der Waals surface area contributed by atoms with Crippen molar-refractivity contribution < 1.29 is 9.53 Å². The highest BCUT2D eigenvalue weighted by Crippen LogP contribution is 2.40. The molecule has 0 bridgehead atoms. The summed E-state index contributed by atoms with van der Waals surface area (Å²) in [6.45, 7) is 0.300. The maximum Gasteiger partial charge on any atom is 0.251 e. The number of aromatic nitrogens is 2. The summed E-state index contributed by atoms with van der Waals surface area (Å²) in [6.07, 6.45) is 4.47. The van der Waals surface area contributed by atoms with Gasteiger partial charge in [0.15, 0.2) is 0 Å². The Morgan fingerprint density at radius 3 is 2.90 bits per heavy atom. The number of nitrogens with one attached hydrogen (secondary N) is 2. The molecule has 1 amide bonds. The average Bonchev–Trinajstić information content (AvgIpc) is 3.36. The van der Waals surface area contributed by atoms with E-state index in [4.69, 9.17) is 16.3 Å². The molecule has 0 radical (unpaired) electrons. The lowest BCUT2D eigenvalue weighted by Gasteiger charge is -2.10. The van der Waals surface area contributed by atoms with Gasteiger partial charge in [0.2, 0.25) is 0 Å². The summed E-state index contributed by atoms with van der Waals surface area (Å²) in [7, 11) is 0. The van der Waals surface area contributed by atoms with E-state index >= 15 is 0 Å². The second kappa shape index (κ2) is 7.84. The van der Waals surface area contributed by atoms with Crippen molar-refractivity contribution in [2.75, 3.05) is 0 Å². The number of nitrogens with zero attached hydrogens (tertiary/aromatic N) is 1. The highest BCUT2D eigenvalue weighted by molar-refractivity contribution is 6.31. The molecule has 1 aliphatic carbocycles. The average molecular weight is 418 g/mol. The lowest BCUT2D eigenvalue weighted by Crippen LogP contribution is -2.26. The largest absolute Gasteiger partial charge is 0.487 e. The molecule has 0 aliphatic heterocycles. The zero-order chi connectivity index (χ0) is 20.5. The highest BCUT2D eigenvalue weighted by Gasteiger charge is 2.39. The molecular weight excluding hydrogens is 398 g/mol. The number of fused-ring (bicyclic) bond motifs is 1. The molecular formula is C24H20ClN3O2. The van der Waals surface area contributed by atoms with Gasteiger partial charge >= 0.3 is 0 Å². The van der Waals surface area contributed by atoms with E-state index in [1.54, 1.807) is 12.3 Å². The minimum absolute atomic E-state index is 0.113. The number of hydrogen-bond donors (Lipinski definition) is 2. The summed E-state index contributed by atoms with van der Waals surface area (Å²) in [6, 6.07) is 19.6. The fraction of sp³-hybridized carbons (Fsp3) is 0.167. The SMILES string of the molecule is O=C(N[C@@H]1C[C@H]1c1ccccc1)c1cc(Cl)cc(COc2cnc3[nH]ccc3c2)c1. The van der Waals surface area contributed by atoms with Crippen LogP contribution in [0.3, 0.4) is 0 Å². The highest BCUT2D eigenvalue weighted by atomic mass is 35.5. The van der Waals surface area contributed by atoms with Crippen LogP contribution in [-0.2, 0) is 6.61 Å². The smallest absolute Gasteiger partial charge is 0.251 e. The van der Waals surface area contributed by atoms with Crippen LogP contribution in [0.2, 0.25) is 5.02 Å². The molecule has 2 aromatic carbocycles. The van der Waals surface area contributed by atoms with Gasteiger partial charge in [0, 0.05) is 34.1 Å². The number of carbonyl (C=O) groups is 1. The van der Waals surface area contributed by atoms with Crippen molar-refractivity contribution >= 4 is 28.5 Å². The van der Waals surface area contributed by atoms with E-state index in [2.05, 4.69) is 27.4 Å². The summed E-state index contributed by atoms with van der Waals surface area (Å²) in [5, 5.41) is 4.60. The molecule has 30 heavy (non-hydrogen) atoms. The van der Waals surface area contributed by atoms with Crippen LogP contribution in [0.15, 0.2) is 73.1 Å². The lowest BCUT2D eigenvalue weighted by molar-refractivity contribution is 0.0950. The molecule has 6 heteroatoms. The number of amides is 1. The van der Waals surface area contributed by atoms with Crippen LogP contribution in [0.1, 0.15) is 33.8 Å². The summed E-state index contributed by atoms with van der Waals surface area (Å²) < 4.78 is 5.86. The zero-order valence-electron chi connectivity index (χ0n) is 16.1. The zero-order valence-corrected chi connectivity index (χ0v) is 16.9. The molecule has 5 rings (SSSR count). The van der Waals surface area contributed by atoms with E-state index in [0.717, 1.165) is 23.0 Å². The van der Waals surface area contributed by atoms with Gasteiger partial charge in [-0.1, -0.05) is 41.9 Å². The Bertz CT molecular complexity index is 1210. The maximum atomic E-state index is 12.7. The molecule has 2 heterocycles. The molecule has 150 valence electrons. The van der Waals surface area contributed by atoms with Gasteiger partial charge in [-0.05, 0) is 47.9 Å². The van der Waals surface area contributed by atoms with Gasteiger partial charge in [-0.25, -0.2) is 4.98 Å². The van der Waals surface area contributed by atoms with Crippen molar-refractivity contribution in [2.24, 2.45) is 0 Å². The van der Waals surface area contributed by atoms with Gasteiger partial charge in [-0.15, -0.1) is 0 Å². The van der Waals surface area contributed by atoms with Crippen molar-refractivity contribution in [1.82, 2.24) is 15.3 Å². The topological polar surface area (TPSA) is 67.0 Å². The van der Waals surface area contributed by atoms with Gasteiger partial charge in [0.25, 0.3) is 5.91 Å². The first kappa shape index (κ1) is 18.7. The Kier molecular flexibility index (Phi) is 4.89. The first-order valence-electron chi connectivity index (χ1n) is 9.87. The minimum Gasteiger partial charge on any atom is -0.487 e. The van der Waals surface area contributed by atoms with E-state index in [-0.39, 0.29) is 11.9 Å². The summed E-state index contributed by atoms with van der Waals surface area (Å²) in [5.41, 5.74) is 3.45. The number of H-pyrrole nitrogens is 1. The standard InChI is InChI=1S/C24H20ClN3O2/c25-19-9-15(14-30-20-11-17-6-7-26-23(17)27-13-20)8-18(10-19)24(29)28-22-12-21(22)16-4-2-1-3-5-16/h1-11,13,21-22H,12,14H2,(H,26,27)(H,28,29)/t21-,22+/m0/s1. The van der Waals surface area contributed by atoms with E-state index in [1.807, 2.05) is 48.7 Å². The molecule has 1 fully saturated rings. The Morgan fingerprint density at radius 1 is 1.17 bits per heavy atom. The molecule has 0 unspecified atom stereocenters. The van der Waals surface area contributed by atoms with Crippen LogP contribution >= 0.6 is 11.6 Å². The van der Waals surface area contributed by atoms with Crippen molar-refractivity contribution in [2.45, 2.75) is 25.0 Å². The number of carbonyl (C=O) groups excluding carboxylic acids is 1. The molecule has 1 saturated carbocycles. The minimum atomic E-state index is -0.113. The van der Waals surface area contributed by atoms with Crippen LogP contribution in [0.25, 0.3) is 11.0 Å². The third kappa shape index (κ3) is 4.02. The van der Waals surface area contributed by atoms with Crippen molar-refractivity contribution in [3.8, 4) is 5.75 Å². The molecule has 2 N–H and O–H groups in total. The molecule has 2 atom stereocenters. The fourth-order valence-corrected chi connectivity index (χ4v) is 3.96. The molecule has 2 aromatic heterocycles. The first-order chi connectivity index (χ1) is 14.7. The predicted octanol–water partition coefficient (Wildman–Crippen LogP) is 5.08. The number of aromatic amines is 1. The first-order valence-corrected chi connectivity index (χ1v) is 10.2. The molecule has 1 aliphatic rings. The second-order valence-electron chi connectivity index (χ2n) is 7.56. The van der Waals surface area contributed by atoms with E-state index in [0.29, 0.717) is 28.9 Å². The van der Waals surface area contributed by atoms with Crippen LogP contribution < -0.4 is 10.1 Å². The maximum absolute atomic E-state index is 12.7. The Labute approximate surface area is 179 Å². The van der Waals surface area contributed by atoms with Gasteiger partial charge in [0.1, 0.15) is 18.0 Å². The van der Waals surface area contributed by atoms with E-state index in [9.17, 15) is 4.79 Å². The Balaban J connectivity index is 1.24. The number of hydrogen-bond acceptors (Lipinski definition) is 3. The number of pyridine rings is 1. The number of halogens is 1. The third-order valence-electron chi connectivity index (χ3n) is 5.33. The Hall–Kier alpha value is -3.31. The van der Waals surface area contributed by atoms with Gasteiger partial charge < -0.3 is 15.0 Å². The molecule has 0 saturated heterocycles. The normalized spacial score (nSPS) is 17.6. The third-order valence-corrected chi connectivity index (χ3v) is 5.55. The molecule has 5 nitrogen and oxygen atoms in total. The summed E-state index contributed by atoms with van der Waals surface area (Å²) in [4.78, 5) is 20.1. The molecule has 0 spiro atoms. The molecule has 4 aromatic rings. The van der Waals surface area contributed by atoms with Crippen LogP contribution in [0.5, 0.6) is 5.75 Å². The Morgan fingerprint density at radius 2 is 2.03 bits per heavy atom. The van der Waals surface area contributed by atoms with Crippen molar-refractivity contribution in [3.63, 3.8) is 0 Å². The van der Waals surface area contributed by atoms with Gasteiger partial charge in [-0.3, -0.25) is 4.79 Å². The summed E-state index contributed by atoms with van der Waals surface area (Å²) >= 11 is 6.26. The quantitative estimate of drug-likeness (QED) is 0.459. The van der Waals surface area contributed by atoms with Gasteiger partial charge in [0.05, 0.1) is 6.20 Å². The van der Waals surface area contributed by atoms with E-state index < -0.39 is 0 Å². The van der Waals surface area contributed by atoms with Crippen LogP contribution in [0.4, 0.5) is 0 Å².